The van der Waals surface area contributed by atoms with Gasteiger partial charge in [-0.25, -0.2) is 8.42 Å². The number of carbonyl (C=O) groups excluding carboxylic acids is 2. The Balaban J connectivity index is 1.97. The van der Waals surface area contributed by atoms with Crippen molar-refractivity contribution in [2.24, 2.45) is 0 Å². The van der Waals surface area contributed by atoms with Crippen molar-refractivity contribution >= 4 is 21.6 Å². The summed E-state index contributed by atoms with van der Waals surface area (Å²) in [5.41, 5.74) is 1.13. The minimum atomic E-state index is -3.62. The molecule has 0 fully saturated rings. The lowest BCUT2D eigenvalue weighted by Crippen LogP contribution is -2.17. The van der Waals surface area contributed by atoms with Crippen molar-refractivity contribution in [3.63, 3.8) is 0 Å². The molecular weight excluding hydrogens is 412 g/mol. The van der Waals surface area contributed by atoms with Gasteiger partial charge in [0.15, 0.2) is 27.9 Å². The van der Waals surface area contributed by atoms with E-state index in [1.54, 1.807) is 12.1 Å². The molecule has 0 aliphatic heterocycles. The molecule has 0 aliphatic carbocycles. The lowest BCUT2D eigenvalue weighted by Gasteiger charge is -2.13. The second kappa shape index (κ2) is 10.1. The largest absolute Gasteiger partial charge is 0.493 e. The molecule has 0 heterocycles. The molecule has 0 amide bonds. The fourth-order valence-electron chi connectivity index (χ4n) is 2.62. The number of hydrogen-bond acceptors (Lipinski definition) is 8. The molecule has 2 aromatic carbocycles. The van der Waals surface area contributed by atoms with Crippen molar-refractivity contribution < 1.29 is 37.0 Å². The molecule has 0 aromatic heterocycles. The van der Waals surface area contributed by atoms with Gasteiger partial charge in [-0.3, -0.25) is 9.59 Å². The number of hydrogen-bond donors (Lipinski definition) is 0. The molecular formula is C21H24O8S. The Hall–Kier alpha value is -3.07. The Morgan fingerprint density at radius 2 is 1.47 bits per heavy atom. The molecule has 8 nitrogen and oxygen atoms in total. The fourth-order valence-corrected chi connectivity index (χ4v) is 3.85. The highest BCUT2D eigenvalue weighted by Gasteiger charge is 2.20. The average Bonchev–Trinajstić information content (AvgIpc) is 2.75. The number of esters is 1. The predicted molar refractivity (Wildman–Crippen MR) is 109 cm³/mol. The topological polar surface area (TPSA) is 105 Å². The van der Waals surface area contributed by atoms with E-state index in [9.17, 15) is 18.0 Å². The second-order valence-electron chi connectivity index (χ2n) is 6.38. The van der Waals surface area contributed by atoms with Crippen molar-refractivity contribution in [1.82, 2.24) is 0 Å². The first kappa shape index (κ1) is 23.2. The normalized spacial score (nSPS) is 10.9. The first-order chi connectivity index (χ1) is 14.2. The van der Waals surface area contributed by atoms with Crippen LogP contribution in [0.25, 0.3) is 0 Å². The van der Waals surface area contributed by atoms with Crippen molar-refractivity contribution in [2.45, 2.75) is 18.2 Å². The van der Waals surface area contributed by atoms with E-state index in [0.717, 1.165) is 5.56 Å². The second-order valence-corrected chi connectivity index (χ2v) is 8.49. The number of sulfone groups is 1. The molecule has 0 radical (unpaired) electrons. The number of Topliss-reactive ketones (excluding diaryl/α,β-unsaturated/α-hetero) is 1. The van der Waals surface area contributed by atoms with E-state index in [1.165, 1.54) is 45.6 Å². The van der Waals surface area contributed by atoms with Crippen LogP contribution >= 0.6 is 0 Å². The number of ether oxygens (including phenoxy) is 4. The van der Waals surface area contributed by atoms with E-state index in [2.05, 4.69) is 0 Å². The first-order valence-electron chi connectivity index (χ1n) is 9.00. The minimum absolute atomic E-state index is 0.134. The Morgan fingerprint density at radius 3 is 1.97 bits per heavy atom. The van der Waals surface area contributed by atoms with Gasteiger partial charge in [-0.15, -0.1) is 0 Å². The molecule has 2 rings (SSSR count). The molecule has 0 unspecified atom stereocenters. The van der Waals surface area contributed by atoms with Gasteiger partial charge in [-0.1, -0.05) is 17.7 Å². The Kier molecular flexibility index (Phi) is 7.82. The maximum atomic E-state index is 12.4. The van der Waals surface area contributed by atoms with E-state index < -0.39 is 33.9 Å². The highest BCUT2D eigenvalue weighted by Crippen LogP contribution is 2.38. The summed E-state index contributed by atoms with van der Waals surface area (Å²) in [5, 5.41) is 0. The summed E-state index contributed by atoms with van der Waals surface area (Å²) in [7, 11) is 0.651. The zero-order chi connectivity index (χ0) is 22.3. The van der Waals surface area contributed by atoms with Crippen LogP contribution in [0.5, 0.6) is 17.2 Å². The van der Waals surface area contributed by atoms with Crippen LogP contribution in [0.15, 0.2) is 41.3 Å². The highest BCUT2D eigenvalue weighted by atomic mass is 32.2. The maximum Gasteiger partial charge on any atom is 0.307 e. The molecule has 0 aliphatic rings. The number of carbonyl (C=O) groups is 2. The third-order valence-electron chi connectivity index (χ3n) is 4.31. The van der Waals surface area contributed by atoms with E-state index in [-0.39, 0.29) is 28.4 Å². The van der Waals surface area contributed by atoms with Crippen LogP contribution in [-0.2, 0) is 19.4 Å². The van der Waals surface area contributed by atoms with Gasteiger partial charge in [0.25, 0.3) is 0 Å². The molecule has 0 saturated heterocycles. The summed E-state index contributed by atoms with van der Waals surface area (Å²) in [6, 6.07) is 9.23. The minimum Gasteiger partial charge on any atom is -0.493 e. The zero-order valence-corrected chi connectivity index (χ0v) is 18.1. The number of aryl methyl sites for hydroxylation is 1. The number of methoxy groups -OCH3 is 3. The average molecular weight is 436 g/mol. The van der Waals surface area contributed by atoms with Crippen molar-refractivity contribution in [2.75, 3.05) is 33.7 Å². The quantitative estimate of drug-likeness (QED) is 0.413. The summed E-state index contributed by atoms with van der Waals surface area (Å²) in [4.78, 5) is 24.5. The molecule has 0 N–H and O–H groups in total. The van der Waals surface area contributed by atoms with Gasteiger partial charge in [0, 0.05) is 5.56 Å². The van der Waals surface area contributed by atoms with Crippen molar-refractivity contribution in [1.29, 1.82) is 0 Å². The van der Waals surface area contributed by atoms with Gasteiger partial charge in [-0.2, -0.15) is 0 Å². The van der Waals surface area contributed by atoms with Gasteiger partial charge < -0.3 is 18.9 Å². The van der Waals surface area contributed by atoms with Crippen LogP contribution in [0.1, 0.15) is 22.3 Å². The van der Waals surface area contributed by atoms with Crippen molar-refractivity contribution in [3.8, 4) is 17.2 Å². The van der Waals surface area contributed by atoms with Gasteiger partial charge in [0.1, 0.15) is 0 Å². The van der Waals surface area contributed by atoms with Crippen LogP contribution in [-0.4, -0.2) is 53.9 Å². The third-order valence-corrected chi connectivity index (χ3v) is 6.04. The molecule has 0 saturated carbocycles. The SMILES string of the molecule is COc1cc(C(=O)COC(=O)CCS(=O)(=O)c2ccc(C)cc2)cc(OC)c1OC. The summed E-state index contributed by atoms with van der Waals surface area (Å²) in [5.74, 6) is -0.787. The van der Waals surface area contributed by atoms with Gasteiger partial charge in [0.05, 0.1) is 38.4 Å². The molecule has 0 bridgehead atoms. The third kappa shape index (κ3) is 5.73. The van der Waals surface area contributed by atoms with E-state index >= 15 is 0 Å². The summed E-state index contributed by atoms with van der Waals surface area (Å²) < 4.78 is 45.1. The first-order valence-corrected chi connectivity index (χ1v) is 10.6. The van der Waals surface area contributed by atoms with Crippen LogP contribution in [0, 0.1) is 6.92 Å². The highest BCUT2D eigenvalue weighted by molar-refractivity contribution is 7.91. The molecule has 162 valence electrons. The van der Waals surface area contributed by atoms with E-state index in [4.69, 9.17) is 18.9 Å². The van der Waals surface area contributed by atoms with E-state index in [0.29, 0.717) is 5.75 Å². The Morgan fingerprint density at radius 1 is 0.900 bits per heavy atom. The lowest BCUT2D eigenvalue weighted by molar-refractivity contribution is -0.142. The summed E-state index contributed by atoms with van der Waals surface area (Å²) in [6.45, 7) is 1.31. The summed E-state index contributed by atoms with van der Waals surface area (Å²) in [6.07, 6.45) is -0.362. The monoisotopic (exact) mass is 436 g/mol. The standard InChI is InChI=1S/C21H24O8S/c1-14-5-7-16(8-6-14)30(24,25)10-9-20(23)29-13-17(22)15-11-18(26-2)21(28-4)19(12-15)27-3/h5-8,11-12H,9-10,13H2,1-4H3. The smallest absolute Gasteiger partial charge is 0.307 e. The van der Waals surface area contributed by atoms with Gasteiger partial charge in [0.2, 0.25) is 11.5 Å². The summed E-state index contributed by atoms with van der Waals surface area (Å²) >= 11 is 0. The number of benzene rings is 2. The fraction of sp³-hybridized carbons (Fsp3) is 0.333. The lowest BCUT2D eigenvalue weighted by atomic mass is 10.1. The van der Waals surface area contributed by atoms with Gasteiger partial charge in [-0.05, 0) is 31.2 Å². The van der Waals surface area contributed by atoms with Gasteiger partial charge >= 0.3 is 5.97 Å². The van der Waals surface area contributed by atoms with E-state index in [1.807, 2.05) is 6.92 Å². The van der Waals surface area contributed by atoms with Crippen LogP contribution in [0.4, 0.5) is 0 Å². The number of ketones is 1. The molecule has 2 aromatic rings. The van der Waals surface area contributed by atoms with Crippen molar-refractivity contribution in [3.05, 3.63) is 47.5 Å². The van der Waals surface area contributed by atoms with Crippen LogP contribution in [0.2, 0.25) is 0 Å². The maximum absolute atomic E-state index is 12.4. The zero-order valence-electron chi connectivity index (χ0n) is 17.3. The van der Waals surface area contributed by atoms with Crippen LogP contribution < -0.4 is 14.2 Å². The molecule has 9 heteroatoms. The molecule has 30 heavy (non-hydrogen) atoms. The molecule has 0 atom stereocenters. The number of rotatable bonds is 10. The predicted octanol–water partition coefficient (Wildman–Crippen LogP) is 2.61. The van der Waals surface area contributed by atoms with Crippen LogP contribution in [0.3, 0.4) is 0 Å². The Labute approximate surface area is 175 Å². The molecule has 0 spiro atoms. The Bertz CT molecular complexity index is 985.